The zero-order chi connectivity index (χ0) is 68.6. The number of hydrogen-bond acceptors (Lipinski definition) is 15. The van der Waals surface area contributed by atoms with Crippen molar-refractivity contribution in [3.05, 3.63) is 0 Å². The van der Waals surface area contributed by atoms with Gasteiger partial charge in [0.05, 0.1) is 26.4 Å². The fraction of sp³-hybridized carbons (Fsp3) is 0.946. The molecule has 3 unspecified atom stereocenters. The van der Waals surface area contributed by atoms with Crippen LogP contribution in [0.2, 0.25) is 0 Å². The molecule has 17 nitrogen and oxygen atoms in total. The Labute approximate surface area is 568 Å². The van der Waals surface area contributed by atoms with Gasteiger partial charge in [0.15, 0.2) is 12.2 Å². The van der Waals surface area contributed by atoms with Crippen LogP contribution in [-0.2, 0) is 65.4 Å². The molecule has 0 heterocycles. The second kappa shape index (κ2) is 66.0. The van der Waals surface area contributed by atoms with Gasteiger partial charge in [0.1, 0.15) is 19.3 Å². The highest BCUT2D eigenvalue weighted by atomic mass is 31.2. The number of aliphatic hydroxyl groups excluding tert-OH is 1. The SMILES string of the molecule is CCCCCCCCCCCCCCC(=O)O[C@H](COC(=O)CCCCCCCCCCC)COP(=O)(O)OC[C@H](O)COP(=O)(O)OC[C@@H](COC(=O)CCCCCCCCCCCCC(C)CC)OC(=O)CCCCCCCCCCCCCCCCCC(C)C. The van der Waals surface area contributed by atoms with E-state index in [1.807, 2.05) is 0 Å². The fourth-order valence-corrected chi connectivity index (χ4v) is 12.8. The minimum Gasteiger partial charge on any atom is -0.462 e. The molecule has 0 rings (SSSR count). The van der Waals surface area contributed by atoms with Gasteiger partial charge in [-0.3, -0.25) is 37.3 Å². The van der Waals surface area contributed by atoms with Gasteiger partial charge in [-0.25, -0.2) is 9.13 Å². The molecule has 0 aliphatic rings. The monoisotopic (exact) mass is 1370 g/mol. The highest BCUT2D eigenvalue weighted by Crippen LogP contribution is 2.45. The van der Waals surface area contributed by atoms with Crippen LogP contribution in [0, 0.1) is 11.8 Å². The van der Waals surface area contributed by atoms with Crippen molar-refractivity contribution >= 4 is 39.5 Å². The van der Waals surface area contributed by atoms with Crippen molar-refractivity contribution in [2.45, 2.75) is 400 Å². The molecule has 552 valence electrons. The van der Waals surface area contributed by atoms with E-state index in [1.54, 1.807) is 0 Å². The topological polar surface area (TPSA) is 237 Å². The molecular formula is C74H144O17P2. The Morgan fingerprint density at radius 1 is 0.312 bits per heavy atom. The molecule has 0 fully saturated rings. The molecule has 0 amide bonds. The van der Waals surface area contributed by atoms with Gasteiger partial charge >= 0.3 is 39.5 Å². The second-order valence-electron chi connectivity index (χ2n) is 27.4. The van der Waals surface area contributed by atoms with Crippen LogP contribution in [0.25, 0.3) is 0 Å². The largest absolute Gasteiger partial charge is 0.472 e. The molecule has 0 bridgehead atoms. The average Bonchev–Trinajstić information content (AvgIpc) is 2.10. The lowest BCUT2D eigenvalue weighted by molar-refractivity contribution is -0.161. The maximum absolute atomic E-state index is 13.1. The van der Waals surface area contributed by atoms with Crippen LogP contribution < -0.4 is 0 Å². The molecule has 0 saturated carbocycles. The average molecular weight is 1370 g/mol. The van der Waals surface area contributed by atoms with E-state index < -0.39 is 97.5 Å². The Bertz CT molecular complexity index is 1810. The minimum absolute atomic E-state index is 0.107. The molecule has 93 heavy (non-hydrogen) atoms. The summed E-state index contributed by atoms with van der Waals surface area (Å²) in [5, 5.41) is 10.6. The van der Waals surface area contributed by atoms with Gasteiger partial charge in [0, 0.05) is 25.7 Å². The van der Waals surface area contributed by atoms with Crippen LogP contribution >= 0.6 is 15.6 Å². The maximum Gasteiger partial charge on any atom is 0.472 e. The van der Waals surface area contributed by atoms with E-state index in [1.165, 1.54) is 199 Å². The lowest BCUT2D eigenvalue weighted by Gasteiger charge is -2.21. The van der Waals surface area contributed by atoms with E-state index in [0.29, 0.717) is 25.7 Å². The number of carbonyl (C=O) groups excluding carboxylic acids is 4. The van der Waals surface area contributed by atoms with Crippen LogP contribution in [0.5, 0.6) is 0 Å². The minimum atomic E-state index is -4.96. The van der Waals surface area contributed by atoms with Crippen molar-refractivity contribution in [2.24, 2.45) is 11.8 Å². The van der Waals surface area contributed by atoms with Gasteiger partial charge in [-0.05, 0) is 37.5 Å². The van der Waals surface area contributed by atoms with E-state index in [2.05, 4.69) is 41.5 Å². The van der Waals surface area contributed by atoms with E-state index in [0.717, 1.165) is 102 Å². The van der Waals surface area contributed by atoms with Crippen LogP contribution in [0.3, 0.4) is 0 Å². The highest BCUT2D eigenvalue weighted by Gasteiger charge is 2.30. The normalized spacial score (nSPS) is 14.3. The first kappa shape index (κ1) is 91.1. The smallest absolute Gasteiger partial charge is 0.462 e. The lowest BCUT2D eigenvalue weighted by atomic mass is 9.99. The molecule has 0 aliphatic carbocycles. The number of rotatable bonds is 73. The molecule has 0 saturated heterocycles. The predicted octanol–water partition coefficient (Wildman–Crippen LogP) is 21.6. The van der Waals surface area contributed by atoms with Crippen LogP contribution in [0.4, 0.5) is 0 Å². The van der Waals surface area contributed by atoms with Crippen molar-refractivity contribution in [3.8, 4) is 0 Å². The number of hydrogen-bond donors (Lipinski definition) is 3. The number of aliphatic hydroxyl groups is 1. The van der Waals surface area contributed by atoms with Crippen molar-refractivity contribution in [1.29, 1.82) is 0 Å². The van der Waals surface area contributed by atoms with Crippen LogP contribution in [0.15, 0.2) is 0 Å². The molecular weight excluding hydrogens is 1220 g/mol. The van der Waals surface area contributed by atoms with Gasteiger partial charge in [-0.2, -0.15) is 0 Å². The van der Waals surface area contributed by atoms with E-state index >= 15 is 0 Å². The van der Waals surface area contributed by atoms with E-state index in [4.69, 9.17) is 37.0 Å². The summed E-state index contributed by atoms with van der Waals surface area (Å²) in [7, 11) is -9.90. The van der Waals surface area contributed by atoms with Crippen molar-refractivity contribution < 1.29 is 80.2 Å². The van der Waals surface area contributed by atoms with Crippen LogP contribution in [-0.4, -0.2) is 96.7 Å². The summed E-state index contributed by atoms with van der Waals surface area (Å²) in [6, 6.07) is 0. The number of phosphoric acid groups is 2. The molecule has 0 spiro atoms. The summed E-state index contributed by atoms with van der Waals surface area (Å²) in [5.74, 6) is -0.506. The van der Waals surface area contributed by atoms with Crippen molar-refractivity contribution in [1.82, 2.24) is 0 Å². The Morgan fingerprint density at radius 2 is 0.548 bits per heavy atom. The summed E-state index contributed by atoms with van der Waals surface area (Å²) in [4.78, 5) is 72.7. The Balaban J connectivity index is 5.23. The van der Waals surface area contributed by atoms with Gasteiger partial charge in [-0.1, -0.05) is 330 Å². The van der Waals surface area contributed by atoms with Gasteiger partial charge in [0.2, 0.25) is 0 Å². The number of esters is 4. The molecule has 19 heteroatoms. The first-order valence-electron chi connectivity index (χ1n) is 38.5. The molecule has 0 aromatic carbocycles. The second-order valence-corrected chi connectivity index (χ2v) is 30.3. The Kier molecular flexibility index (Phi) is 64.6. The maximum atomic E-state index is 13.1. The van der Waals surface area contributed by atoms with Gasteiger partial charge < -0.3 is 33.8 Å². The van der Waals surface area contributed by atoms with E-state index in [-0.39, 0.29) is 25.7 Å². The van der Waals surface area contributed by atoms with Crippen molar-refractivity contribution in [3.63, 3.8) is 0 Å². The highest BCUT2D eigenvalue weighted by molar-refractivity contribution is 7.47. The summed E-state index contributed by atoms with van der Waals surface area (Å²) in [5.41, 5.74) is 0. The van der Waals surface area contributed by atoms with E-state index in [9.17, 15) is 43.2 Å². The summed E-state index contributed by atoms with van der Waals surface area (Å²) in [6.07, 6.45) is 52.5. The number of ether oxygens (including phenoxy) is 4. The third-order valence-electron chi connectivity index (χ3n) is 17.6. The zero-order valence-corrected chi connectivity index (χ0v) is 62.3. The number of carbonyl (C=O) groups is 4. The van der Waals surface area contributed by atoms with Gasteiger partial charge in [0.25, 0.3) is 0 Å². The summed E-state index contributed by atoms with van der Waals surface area (Å²) >= 11 is 0. The number of unbranched alkanes of at least 4 members (excludes halogenated alkanes) is 42. The third kappa shape index (κ3) is 67.0. The lowest BCUT2D eigenvalue weighted by Crippen LogP contribution is -2.30. The Morgan fingerprint density at radius 3 is 0.817 bits per heavy atom. The molecule has 0 aromatic rings. The predicted molar refractivity (Wildman–Crippen MR) is 377 cm³/mol. The Hall–Kier alpha value is -1.94. The zero-order valence-electron chi connectivity index (χ0n) is 60.6. The standard InChI is InChI=1S/C74H144O17P2/c1-7-10-12-14-16-18-19-26-34-40-46-52-58-73(78)90-69(62-84-71(76)56-50-44-38-30-17-15-13-11-8-2)64-88-92(80,81)86-60-68(75)61-87-93(82,83)89-65-70(63-85-72(77)57-51-45-39-33-29-28-32-37-43-49-55-67(6)9-3)91-74(79)59-53-47-41-35-27-24-22-20-21-23-25-31-36-42-48-54-66(4)5/h66-70,75H,7-65H2,1-6H3,(H,80,81)(H,82,83)/t67?,68-,69+,70+/m0/s1. The summed E-state index contributed by atoms with van der Waals surface area (Å²) in [6.45, 7) is 9.62. The van der Waals surface area contributed by atoms with Crippen LogP contribution in [0.1, 0.15) is 382 Å². The molecule has 0 aliphatic heterocycles. The third-order valence-corrected chi connectivity index (χ3v) is 19.5. The quantitative estimate of drug-likeness (QED) is 0.0222. The molecule has 6 atom stereocenters. The first-order valence-corrected chi connectivity index (χ1v) is 41.5. The molecule has 0 aromatic heterocycles. The van der Waals surface area contributed by atoms with Crippen molar-refractivity contribution in [2.75, 3.05) is 39.6 Å². The first-order chi connectivity index (χ1) is 44.9. The fourth-order valence-electron chi connectivity index (χ4n) is 11.3. The van der Waals surface area contributed by atoms with Gasteiger partial charge in [-0.15, -0.1) is 0 Å². The molecule has 0 radical (unpaired) electrons. The summed E-state index contributed by atoms with van der Waals surface area (Å²) < 4.78 is 68.4. The number of phosphoric ester groups is 2. The molecule has 3 N–H and O–H groups in total.